The van der Waals surface area contributed by atoms with E-state index in [1.807, 2.05) is 0 Å². The van der Waals surface area contributed by atoms with Crippen LogP contribution < -0.4 is 0 Å². The zero-order valence-electron chi connectivity index (χ0n) is 5.21. The second-order valence-corrected chi connectivity index (χ2v) is 3.97. The molecule has 2 atom stereocenters. The van der Waals surface area contributed by atoms with Crippen molar-refractivity contribution in [3.63, 3.8) is 0 Å². The first-order valence-corrected chi connectivity index (χ1v) is 4.62. The minimum absolute atomic E-state index is 0.0829. The van der Waals surface area contributed by atoms with Gasteiger partial charge in [0.25, 0.3) is 0 Å². The maximum absolute atomic E-state index is 10.8. The molecule has 0 aliphatic carbocycles. The third-order valence-electron chi connectivity index (χ3n) is 1.54. The van der Waals surface area contributed by atoms with Gasteiger partial charge in [0, 0.05) is 28.2 Å². The first kappa shape index (κ1) is 6.93. The van der Waals surface area contributed by atoms with Crippen LogP contribution in [-0.4, -0.2) is 22.0 Å². The van der Waals surface area contributed by atoms with Gasteiger partial charge in [-0.15, -0.1) is 0 Å². The van der Waals surface area contributed by atoms with Gasteiger partial charge in [-0.3, -0.25) is 4.21 Å². The van der Waals surface area contributed by atoms with E-state index in [0.717, 1.165) is 24.9 Å². The molecular weight excluding hydrogens is 136 g/mol. The van der Waals surface area contributed by atoms with Gasteiger partial charge in [0.2, 0.25) is 0 Å². The second-order valence-electron chi connectivity index (χ2n) is 2.35. The molecule has 1 aliphatic rings. The van der Waals surface area contributed by atoms with Crippen molar-refractivity contribution >= 4 is 17.1 Å². The first-order valence-electron chi connectivity index (χ1n) is 3.13. The van der Waals surface area contributed by atoms with Crippen LogP contribution in [0.3, 0.4) is 0 Å². The number of hydrogen-bond donors (Lipinski definition) is 0. The summed E-state index contributed by atoms with van der Waals surface area (Å²) < 4.78 is 10.8. The van der Waals surface area contributed by atoms with E-state index >= 15 is 0 Å². The summed E-state index contributed by atoms with van der Waals surface area (Å²) in [6.07, 6.45) is 2.82. The molecule has 0 radical (unpaired) electrons. The number of carbonyl (C=O) groups is 1. The van der Waals surface area contributed by atoms with Gasteiger partial charge in [-0.25, -0.2) is 0 Å². The van der Waals surface area contributed by atoms with Crippen molar-refractivity contribution in [1.82, 2.24) is 0 Å². The van der Waals surface area contributed by atoms with Crippen molar-refractivity contribution in [1.29, 1.82) is 0 Å². The summed E-state index contributed by atoms with van der Waals surface area (Å²) in [5.41, 5.74) is 0. The van der Waals surface area contributed by atoms with Gasteiger partial charge in [0.05, 0.1) is 0 Å². The molecular formula is C6H10O2S. The number of carbonyl (C=O) groups excluding carboxylic acids is 1. The lowest BCUT2D eigenvalue weighted by Crippen LogP contribution is -2.20. The molecule has 2 nitrogen and oxygen atoms in total. The highest BCUT2D eigenvalue weighted by Gasteiger charge is 2.16. The van der Waals surface area contributed by atoms with Crippen LogP contribution in [0.4, 0.5) is 0 Å². The molecule has 0 aromatic carbocycles. The standard InChI is InChI=1S/C6H10O2S/c7-4-6-2-1-3-9(8)5-6/h4,6H,1-3,5H2/t6-,9?/m0/s1. The Hall–Kier alpha value is -0.180. The Morgan fingerprint density at radius 2 is 2.33 bits per heavy atom. The molecule has 1 aliphatic heterocycles. The molecule has 1 unspecified atom stereocenters. The molecule has 52 valence electrons. The van der Waals surface area contributed by atoms with E-state index in [1.54, 1.807) is 0 Å². The Morgan fingerprint density at radius 1 is 1.56 bits per heavy atom. The maximum Gasteiger partial charge on any atom is 0.123 e. The highest BCUT2D eigenvalue weighted by molar-refractivity contribution is 7.85. The van der Waals surface area contributed by atoms with Crippen LogP contribution in [0, 0.1) is 5.92 Å². The van der Waals surface area contributed by atoms with Crippen LogP contribution in [0.2, 0.25) is 0 Å². The fourth-order valence-electron chi connectivity index (χ4n) is 1.02. The van der Waals surface area contributed by atoms with E-state index in [-0.39, 0.29) is 5.92 Å². The van der Waals surface area contributed by atoms with Crippen LogP contribution >= 0.6 is 0 Å². The summed E-state index contributed by atoms with van der Waals surface area (Å²) in [7, 11) is -0.701. The molecule has 0 saturated carbocycles. The largest absolute Gasteiger partial charge is 0.303 e. The lowest BCUT2D eigenvalue weighted by atomic mass is 10.1. The Labute approximate surface area is 57.1 Å². The molecule has 0 bridgehead atoms. The van der Waals surface area contributed by atoms with E-state index in [4.69, 9.17) is 0 Å². The van der Waals surface area contributed by atoms with E-state index in [0.29, 0.717) is 5.75 Å². The van der Waals surface area contributed by atoms with E-state index in [2.05, 4.69) is 0 Å². The number of rotatable bonds is 1. The van der Waals surface area contributed by atoms with Gasteiger partial charge in [-0.05, 0) is 12.8 Å². The highest BCUT2D eigenvalue weighted by Crippen LogP contribution is 2.12. The molecule has 1 fully saturated rings. The molecule has 3 heteroatoms. The van der Waals surface area contributed by atoms with Crippen LogP contribution in [-0.2, 0) is 15.6 Å². The van der Waals surface area contributed by atoms with Crippen molar-refractivity contribution < 1.29 is 9.00 Å². The number of hydrogen-bond acceptors (Lipinski definition) is 2. The topological polar surface area (TPSA) is 34.1 Å². The van der Waals surface area contributed by atoms with Crippen LogP contribution in [0.1, 0.15) is 12.8 Å². The minimum atomic E-state index is -0.701. The van der Waals surface area contributed by atoms with E-state index in [1.165, 1.54) is 0 Å². The Bertz CT molecular complexity index is 133. The van der Waals surface area contributed by atoms with Crippen molar-refractivity contribution in [2.24, 2.45) is 5.92 Å². The molecule has 0 amide bonds. The fourth-order valence-corrected chi connectivity index (χ4v) is 2.40. The molecule has 0 aromatic rings. The van der Waals surface area contributed by atoms with Gasteiger partial charge in [-0.1, -0.05) is 0 Å². The third-order valence-corrected chi connectivity index (χ3v) is 3.08. The summed E-state index contributed by atoms with van der Waals surface area (Å²) in [6, 6.07) is 0. The molecule has 1 heterocycles. The van der Waals surface area contributed by atoms with Gasteiger partial charge in [-0.2, -0.15) is 0 Å². The normalized spacial score (nSPS) is 36.0. The molecule has 0 spiro atoms. The van der Waals surface area contributed by atoms with Crippen LogP contribution in [0.5, 0.6) is 0 Å². The molecule has 0 N–H and O–H groups in total. The average molecular weight is 146 g/mol. The zero-order chi connectivity index (χ0) is 6.69. The van der Waals surface area contributed by atoms with Crippen molar-refractivity contribution in [2.75, 3.05) is 11.5 Å². The van der Waals surface area contributed by atoms with E-state index < -0.39 is 10.8 Å². The molecule has 1 rings (SSSR count). The van der Waals surface area contributed by atoms with E-state index in [9.17, 15) is 9.00 Å². The van der Waals surface area contributed by atoms with Crippen molar-refractivity contribution in [3.05, 3.63) is 0 Å². The number of aldehydes is 1. The van der Waals surface area contributed by atoms with Gasteiger partial charge >= 0.3 is 0 Å². The van der Waals surface area contributed by atoms with Crippen molar-refractivity contribution in [2.45, 2.75) is 12.8 Å². The summed E-state index contributed by atoms with van der Waals surface area (Å²) in [4.78, 5) is 10.2. The molecule has 9 heavy (non-hydrogen) atoms. The Morgan fingerprint density at radius 3 is 2.78 bits per heavy atom. The summed E-state index contributed by atoms with van der Waals surface area (Å²) in [5, 5.41) is 0. The Kier molecular flexibility index (Phi) is 2.39. The smallest absolute Gasteiger partial charge is 0.123 e. The van der Waals surface area contributed by atoms with Gasteiger partial charge in [0.1, 0.15) is 6.29 Å². The quantitative estimate of drug-likeness (QED) is 0.500. The van der Waals surface area contributed by atoms with Crippen molar-refractivity contribution in [3.8, 4) is 0 Å². The van der Waals surface area contributed by atoms with Gasteiger partial charge in [0.15, 0.2) is 0 Å². The highest BCUT2D eigenvalue weighted by atomic mass is 32.2. The monoisotopic (exact) mass is 146 g/mol. The Balaban J connectivity index is 2.40. The van der Waals surface area contributed by atoms with Crippen LogP contribution in [0.15, 0.2) is 0 Å². The summed E-state index contributed by atoms with van der Waals surface area (Å²) >= 11 is 0. The molecule has 1 saturated heterocycles. The lowest BCUT2D eigenvalue weighted by molar-refractivity contribution is -0.110. The predicted molar refractivity (Wildman–Crippen MR) is 36.7 cm³/mol. The third kappa shape index (κ3) is 1.90. The van der Waals surface area contributed by atoms with Gasteiger partial charge < -0.3 is 4.79 Å². The fraction of sp³-hybridized carbons (Fsp3) is 0.833. The summed E-state index contributed by atoms with van der Waals surface area (Å²) in [5.74, 6) is 1.48. The second kappa shape index (κ2) is 3.11. The zero-order valence-corrected chi connectivity index (χ0v) is 6.02. The maximum atomic E-state index is 10.8. The summed E-state index contributed by atoms with van der Waals surface area (Å²) in [6.45, 7) is 0. The SMILES string of the molecule is O=C[C@@H]1CCCS(=O)C1. The first-order chi connectivity index (χ1) is 4.33. The minimum Gasteiger partial charge on any atom is -0.303 e. The average Bonchev–Trinajstić information content (AvgIpc) is 1.88. The predicted octanol–water partition coefficient (Wildman–Crippen LogP) is 0.344. The molecule has 0 aromatic heterocycles. The van der Waals surface area contributed by atoms with Crippen LogP contribution in [0.25, 0.3) is 0 Å². The lowest BCUT2D eigenvalue weighted by Gasteiger charge is -2.14.